The quantitative estimate of drug-likeness (QED) is 0.177. The van der Waals surface area contributed by atoms with Crippen molar-refractivity contribution in [3.8, 4) is 45.5 Å². The van der Waals surface area contributed by atoms with Gasteiger partial charge in [-0.3, -0.25) is 4.57 Å². The van der Waals surface area contributed by atoms with Crippen molar-refractivity contribution in [2.45, 2.75) is 0 Å². The Balaban J connectivity index is 1.26. The van der Waals surface area contributed by atoms with Crippen molar-refractivity contribution < 1.29 is 11.3 Å². The zero-order chi connectivity index (χ0) is 41.8. The topological polar surface area (TPSA) is 61.7 Å². The van der Waals surface area contributed by atoms with Gasteiger partial charge < -0.3 is 8.98 Å². The molecule has 266 valence electrons. The van der Waals surface area contributed by atoms with Gasteiger partial charge in [-0.25, -0.2) is 4.98 Å². The Kier molecular flexibility index (Phi) is 5.82. The lowest BCUT2D eigenvalue weighted by atomic mass is 10.0. The van der Waals surface area contributed by atoms with Gasteiger partial charge in [0.25, 0.3) is 0 Å². The van der Waals surface area contributed by atoms with Crippen LogP contribution in [0.15, 0.2) is 192 Å². The van der Waals surface area contributed by atoms with Gasteiger partial charge in [-0.05, 0) is 35.9 Å². The third-order valence-electron chi connectivity index (χ3n) is 10.8. The fraction of sp³-hybridized carbons (Fsp3) is 0. The van der Waals surface area contributed by atoms with Crippen LogP contribution in [-0.4, -0.2) is 24.1 Å². The van der Waals surface area contributed by atoms with Crippen LogP contribution in [0.25, 0.3) is 111 Å². The van der Waals surface area contributed by atoms with Gasteiger partial charge >= 0.3 is 0 Å². The van der Waals surface area contributed by atoms with Crippen molar-refractivity contribution >= 4 is 65.6 Å². The number of fused-ring (bicyclic) bond motifs is 10. The van der Waals surface area contributed by atoms with Gasteiger partial charge in [0.1, 0.15) is 11.2 Å². The minimum Gasteiger partial charge on any atom is -0.455 e. The van der Waals surface area contributed by atoms with Gasteiger partial charge in [-0.1, -0.05) is 158 Å². The number of nitrogens with zero attached hydrogens (tertiary/aromatic N) is 5. The molecule has 4 aromatic heterocycles. The lowest BCUT2D eigenvalue weighted by Crippen LogP contribution is -2.07. The molecule has 0 atom stereocenters. The van der Waals surface area contributed by atoms with Gasteiger partial charge in [0.2, 0.25) is 5.95 Å². The standard InChI is InChI=1S/C51H31N5O/c1-4-16-32(17-5-1)41-30-35(31-42-38-24-12-15-27-45(38)57-48(41)42)55-43-25-13-10-22-36(43)39-28-29-40-37-23-11-14-26-44(37)56(47(40)46(39)55)51-53-49(33-18-6-2-7-19-33)52-50(54-51)34-20-8-3-9-21-34/h1-31H/i1D,4D,5D,16D,17D. The average Bonchev–Trinajstić information content (AvgIpc) is 3.99. The van der Waals surface area contributed by atoms with E-state index in [2.05, 4.69) is 51.6 Å². The van der Waals surface area contributed by atoms with Crippen LogP contribution in [0.3, 0.4) is 0 Å². The van der Waals surface area contributed by atoms with Gasteiger partial charge in [-0.2, -0.15) is 9.97 Å². The monoisotopic (exact) mass is 734 g/mol. The van der Waals surface area contributed by atoms with Crippen molar-refractivity contribution in [1.82, 2.24) is 24.1 Å². The summed E-state index contributed by atoms with van der Waals surface area (Å²) in [7, 11) is 0. The van der Waals surface area contributed by atoms with E-state index in [0.717, 1.165) is 65.5 Å². The highest BCUT2D eigenvalue weighted by Crippen LogP contribution is 2.44. The second-order valence-corrected chi connectivity index (χ2v) is 14.0. The van der Waals surface area contributed by atoms with Crippen molar-refractivity contribution in [2.24, 2.45) is 0 Å². The molecule has 0 saturated carbocycles. The fourth-order valence-corrected chi connectivity index (χ4v) is 8.39. The Hall–Kier alpha value is -7.83. The van der Waals surface area contributed by atoms with E-state index < -0.39 is 18.1 Å². The number of benzene rings is 8. The van der Waals surface area contributed by atoms with Crippen molar-refractivity contribution in [3.63, 3.8) is 0 Å². The van der Waals surface area contributed by atoms with Gasteiger partial charge in [0, 0.05) is 54.7 Å². The van der Waals surface area contributed by atoms with Gasteiger partial charge in [-0.15, -0.1) is 0 Å². The van der Waals surface area contributed by atoms with E-state index in [1.54, 1.807) is 0 Å². The maximum atomic E-state index is 9.10. The Labute approximate surface area is 333 Å². The second-order valence-electron chi connectivity index (χ2n) is 14.0. The molecule has 0 aliphatic carbocycles. The van der Waals surface area contributed by atoms with Crippen molar-refractivity contribution in [3.05, 3.63) is 188 Å². The van der Waals surface area contributed by atoms with Crippen molar-refractivity contribution in [1.29, 1.82) is 0 Å². The molecule has 0 spiro atoms. The van der Waals surface area contributed by atoms with E-state index >= 15 is 0 Å². The second kappa shape index (κ2) is 12.3. The largest absolute Gasteiger partial charge is 0.455 e. The molecule has 8 aromatic carbocycles. The first-order valence-electron chi connectivity index (χ1n) is 21.2. The highest BCUT2D eigenvalue weighted by molar-refractivity contribution is 6.24. The van der Waals surface area contributed by atoms with Crippen LogP contribution in [0.2, 0.25) is 0 Å². The predicted molar refractivity (Wildman–Crippen MR) is 232 cm³/mol. The Morgan fingerprint density at radius 1 is 0.439 bits per heavy atom. The van der Waals surface area contributed by atoms with Gasteiger partial charge in [0.15, 0.2) is 11.6 Å². The van der Waals surface area contributed by atoms with E-state index in [-0.39, 0.29) is 17.6 Å². The summed E-state index contributed by atoms with van der Waals surface area (Å²) in [6, 6.07) is 50.4. The maximum Gasteiger partial charge on any atom is 0.238 e. The summed E-state index contributed by atoms with van der Waals surface area (Å²) < 4.78 is 54.7. The fourth-order valence-electron chi connectivity index (χ4n) is 8.39. The Bertz CT molecular complexity index is 3730. The van der Waals surface area contributed by atoms with Crippen LogP contribution in [0.1, 0.15) is 6.85 Å². The van der Waals surface area contributed by atoms with E-state index in [9.17, 15) is 0 Å². The number of para-hydroxylation sites is 3. The Morgan fingerprint density at radius 2 is 0.982 bits per heavy atom. The predicted octanol–water partition coefficient (Wildman–Crippen LogP) is 13.0. The molecule has 0 amide bonds. The van der Waals surface area contributed by atoms with Crippen LogP contribution >= 0.6 is 0 Å². The number of hydrogen-bond donors (Lipinski definition) is 0. The average molecular weight is 735 g/mol. The molecule has 4 heterocycles. The molecule has 6 heteroatoms. The molecule has 0 aliphatic rings. The zero-order valence-electron chi connectivity index (χ0n) is 35.2. The lowest BCUT2D eigenvalue weighted by Gasteiger charge is -2.14. The molecule has 0 N–H and O–H groups in total. The highest BCUT2D eigenvalue weighted by Gasteiger charge is 2.24. The molecule has 0 unspecified atom stereocenters. The van der Waals surface area contributed by atoms with Crippen LogP contribution in [0.4, 0.5) is 0 Å². The molecule has 0 saturated heterocycles. The minimum absolute atomic E-state index is 0.0639. The molecular weight excluding hydrogens is 699 g/mol. The normalized spacial score (nSPS) is 13.1. The molecule has 0 fully saturated rings. The summed E-state index contributed by atoms with van der Waals surface area (Å²) in [4.78, 5) is 15.5. The van der Waals surface area contributed by atoms with Crippen LogP contribution in [0.5, 0.6) is 0 Å². The van der Waals surface area contributed by atoms with Crippen molar-refractivity contribution in [2.75, 3.05) is 0 Å². The third-order valence-corrected chi connectivity index (χ3v) is 10.8. The summed E-state index contributed by atoms with van der Waals surface area (Å²) in [6.07, 6.45) is 0. The van der Waals surface area contributed by atoms with E-state index in [1.807, 2.05) is 115 Å². The number of hydrogen-bond acceptors (Lipinski definition) is 4. The van der Waals surface area contributed by atoms with E-state index in [0.29, 0.717) is 40.0 Å². The summed E-state index contributed by atoms with van der Waals surface area (Å²) in [5, 5.41) is 5.58. The molecule has 0 radical (unpaired) electrons. The highest BCUT2D eigenvalue weighted by atomic mass is 16.3. The summed E-state index contributed by atoms with van der Waals surface area (Å²) in [5.41, 5.74) is 7.50. The lowest BCUT2D eigenvalue weighted by molar-refractivity contribution is 0.670. The molecule has 12 aromatic rings. The smallest absolute Gasteiger partial charge is 0.238 e. The molecule has 12 rings (SSSR count). The Morgan fingerprint density at radius 3 is 1.63 bits per heavy atom. The first-order valence-corrected chi connectivity index (χ1v) is 18.7. The molecule has 0 bridgehead atoms. The molecule has 0 aliphatic heterocycles. The molecule has 57 heavy (non-hydrogen) atoms. The first kappa shape index (κ1) is 26.9. The molecule has 6 nitrogen and oxygen atoms in total. The summed E-state index contributed by atoms with van der Waals surface area (Å²) in [5.74, 6) is 1.52. The first-order chi connectivity index (χ1) is 30.4. The van der Waals surface area contributed by atoms with E-state index in [4.69, 9.17) is 26.2 Å². The minimum atomic E-state index is -0.456. The maximum absolute atomic E-state index is 9.10. The third kappa shape index (κ3) is 4.81. The number of aromatic nitrogens is 5. The number of furan rings is 1. The summed E-state index contributed by atoms with van der Waals surface area (Å²) in [6.45, 7) is 0. The van der Waals surface area contributed by atoms with Gasteiger partial charge in [0.05, 0.1) is 28.9 Å². The van der Waals surface area contributed by atoms with E-state index in [1.165, 1.54) is 0 Å². The van der Waals surface area contributed by atoms with Crippen LogP contribution in [-0.2, 0) is 0 Å². The zero-order valence-corrected chi connectivity index (χ0v) is 30.2. The molecular formula is C51H31N5O. The van der Waals surface area contributed by atoms with Crippen LogP contribution in [0, 0.1) is 0 Å². The summed E-state index contributed by atoms with van der Waals surface area (Å²) >= 11 is 0. The number of rotatable bonds is 5. The van der Waals surface area contributed by atoms with Crippen LogP contribution < -0.4 is 0 Å². The SMILES string of the molecule is [2H]c1c([2H])c([2H])c(-c2cc(-n3c4ccccc4c4ccc5c6ccccc6n(-c6nc(-c7ccccc7)nc(-c7ccccc7)n6)c5c43)cc3c2oc2ccccc23)c([2H])c1[2H].